The van der Waals surface area contributed by atoms with Gasteiger partial charge in [0.1, 0.15) is 0 Å². The molecule has 0 radical (unpaired) electrons. The van der Waals surface area contributed by atoms with Crippen molar-refractivity contribution in [3.8, 4) is 0 Å². The second-order valence-corrected chi connectivity index (χ2v) is 4.83. The minimum atomic E-state index is -1.03. The van der Waals surface area contributed by atoms with Crippen LogP contribution >= 0.6 is 34.2 Å². The van der Waals surface area contributed by atoms with Crippen LogP contribution in [-0.2, 0) is 20.7 Å². The fraction of sp³-hybridized carbons (Fsp3) is 0.200. The Kier molecular flexibility index (Phi) is 5.03. The summed E-state index contributed by atoms with van der Waals surface area (Å²) < 4.78 is 4.71. The topological polar surface area (TPSA) is 86.5 Å². The molecule has 0 bridgehead atoms. The number of carbonyl (C=O) groups excluding carboxylic acids is 2. The molecule has 1 rings (SSSR count). The minimum absolute atomic E-state index is 0.153. The van der Waals surface area contributed by atoms with Crippen LogP contribution < -0.4 is 0 Å². The van der Waals surface area contributed by atoms with Crippen molar-refractivity contribution in [2.75, 3.05) is 7.11 Å². The van der Waals surface area contributed by atoms with Crippen LogP contribution in [0.3, 0.4) is 0 Å². The Morgan fingerprint density at radius 3 is 2.61 bits per heavy atom. The summed E-state index contributed by atoms with van der Waals surface area (Å²) in [6, 6.07) is 2.62. The van der Waals surface area contributed by atoms with Crippen LogP contribution in [0, 0.1) is 13.7 Å². The largest absolute Gasteiger partial charge is 0.463 e. The second-order valence-electron chi connectivity index (χ2n) is 3.23. The summed E-state index contributed by atoms with van der Waals surface area (Å²) in [7, 11) is 1.07. The molecule has 96 valence electrons. The van der Waals surface area contributed by atoms with Crippen molar-refractivity contribution in [1.82, 2.24) is 0 Å². The van der Waals surface area contributed by atoms with Crippen LogP contribution in [-0.4, -0.2) is 23.8 Å². The highest BCUT2D eigenvalue weighted by atomic mass is 127. The van der Waals surface area contributed by atoms with E-state index in [1.807, 2.05) is 22.6 Å². The molecule has 18 heavy (non-hydrogen) atoms. The zero-order valence-electron chi connectivity index (χ0n) is 9.11. The van der Waals surface area contributed by atoms with Gasteiger partial charge in [-0.25, -0.2) is 4.79 Å². The Morgan fingerprint density at radius 1 is 1.50 bits per heavy atom. The summed E-state index contributed by atoms with van der Waals surface area (Å²) in [5.41, 5.74) is -0.135. The number of hydrogen-bond acceptors (Lipinski definition) is 5. The molecule has 0 aromatic heterocycles. The van der Waals surface area contributed by atoms with Gasteiger partial charge in [-0.3, -0.25) is 14.9 Å². The Bertz CT molecular complexity index is 531. The van der Waals surface area contributed by atoms with Gasteiger partial charge < -0.3 is 4.74 Å². The van der Waals surface area contributed by atoms with Crippen molar-refractivity contribution in [3.05, 3.63) is 36.4 Å². The zero-order chi connectivity index (χ0) is 13.9. The second kappa shape index (κ2) is 6.10. The Labute approximate surface area is 121 Å². The Hall–Kier alpha value is -1.22. The van der Waals surface area contributed by atoms with Gasteiger partial charge in [0.25, 0.3) is 5.69 Å². The summed E-state index contributed by atoms with van der Waals surface area (Å²) in [6.07, 6.45) is -0.390. The van der Waals surface area contributed by atoms with E-state index in [4.69, 9.17) is 11.6 Å². The number of esters is 1. The molecule has 1 aromatic rings. The molecule has 0 saturated carbocycles. The van der Waals surface area contributed by atoms with E-state index in [2.05, 4.69) is 4.74 Å². The fourth-order valence-corrected chi connectivity index (χ4v) is 2.47. The van der Waals surface area contributed by atoms with Gasteiger partial charge in [0.15, 0.2) is 0 Å². The van der Waals surface area contributed by atoms with Crippen LogP contribution in [0.5, 0.6) is 0 Å². The third kappa shape index (κ3) is 3.39. The summed E-state index contributed by atoms with van der Waals surface area (Å²) in [5, 5.41) is 11.1. The van der Waals surface area contributed by atoms with Crippen LogP contribution in [0.4, 0.5) is 5.69 Å². The van der Waals surface area contributed by atoms with Crippen LogP contribution in [0.1, 0.15) is 5.56 Å². The SMILES string of the molecule is COC(=O)C(=O)Cc1c(I)cc(Cl)cc1[N+](=O)[O-]. The number of ether oxygens (including phenoxy) is 1. The standard InChI is InChI=1S/C10H7ClINO5/c1-18-10(15)9(14)4-6-7(12)2-5(11)3-8(6)13(16)17/h2-3H,4H2,1H3. The fourth-order valence-electron chi connectivity index (χ4n) is 1.27. The van der Waals surface area contributed by atoms with Crippen molar-refractivity contribution >= 4 is 51.6 Å². The molecule has 8 heteroatoms. The van der Waals surface area contributed by atoms with Crippen molar-refractivity contribution in [2.24, 2.45) is 0 Å². The van der Waals surface area contributed by atoms with E-state index in [9.17, 15) is 19.7 Å². The number of hydrogen-bond donors (Lipinski definition) is 0. The average Bonchev–Trinajstić information content (AvgIpc) is 2.30. The van der Waals surface area contributed by atoms with Gasteiger partial charge >= 0.3 is 5.97 Å². The summed E-state index contributed by atoms with van der Waals surface area (Å²) in [4.78, 5) is 32.6. The van der Waals surface area contributed by atoms with Gasteiger partial charge in [-0.15, -0.1) is 0 Å². The number of halogens is 2. The highest BCUT2D eigenvalue weighted by Crippen LogP contribution is 2.29. The molecule has 0 saturated heterocycles. The van der Waals surface area contributed by atoms with Gasteiger partial charge in [0.05, 0.1) is 24.0 Å². The molecule has 0 unspecified atom stereocenters. The maximum Gasteiger partial charge on any atom is 0.374 e. The number of Topliss-reactive ketones (excluding diaryl/α,β-unsaturated/α-hetero) is 1. The first kappa shape index (κ1) is 14.8. The number of nitrogens with zero attached hydrogens (tertiary/aromatic N) is 1. The molecular weight excluding hydrogens is 376 g/mol. The monoisotopic (exact) mass is 383 g/mol. The van der Waals surface area contributed by atoms with Crippen LogP contribution in [0.15, 0.2) is 12.1 Å². The number of methoxy groups -OCH3 is 1. The summed E-state index contributed by atoms with van der Waals surface area (Å²) in [5.74, 6) is -1.88. The number of rotatable bonds is 4. The number of benzene rings is 1. The first-order chi connectivity index (χ1) is 8.36. The van der Waals surface area contributed by atoms with Gasteiger partial charge in [-0.1, -0.05) is 11.6 Å². The third-order valence-electron chi connectivity index (χ3n) is 2.08. The van der Waals surface area contributed by atoms with Crippen molar-refractivity contribution in [1.29, 1.82) is 0 Å². The molecular formula is C10H7ClINO5. The Morgan fingerprint density at radius 2 is 2.11 bits per heavy atom. The van der Waals surface area contributed by atoms with Crippen molar-refractivity contribution in [2.45, 2.75) is 6.42 Å². The molecule has 6 nitrogen and oxygen atoms in total. The predicted molar refractivity (Wildman–Crippen MR) is 71.6 cm³/mol. The lowest BCUT2D eigenvalue weighted by Gasteiger charge is -2.05. The van der Waals surface area contributed by atoms with E-state index >= 15 is 0 Å². The summed E-state index contributed by atoms with van der Waals surface area (Å²) >= 11 is 7.53. The first-order valence-electron chi connectivity index (χ1n) is 4.60. The number of ketones is 1. The molecule has 0 aliphatic rings. The first-order valence-corrected chi connectivity index (χ1v) is 6.06. The molecule has 0 atom stereocenters. The molecule has 1 aromatic carbocycles. The highest BCUT2D eigenvalue weighted by molar-refractivity contribution is 14.1. The van der Waals surface area contributed by atoms with E-state index in [-0.39, 0.29) is 16.3 Å². The van der Waals surface area contributed by atoms with Crippen LogP contribution in [0.2, 0.25) is 5.02 Å². The maximum absolute atomic E-state index is 11.4. The molecule has 0 fully saturated rings. The number of carbonyl (C=O) groups is 2. The average molecular weight is 384 g/mol. The van der Waals surface area contributed by atoms with E-state index in [0.717, 1.165) is 13.2 Å². The lowest BCUT2D eigenvalue weighted by Crippen LogP contribution is -2.19. The van der Waals surface area contributed by atoms with E-state index in [1.165, 1.54) is 6.07 Å². The van der Waals surface area contributed by atoms with E-state index < -0.39 is 23.1 Å². The van der Waals surface area contributed by atoms with E-state index in [1.54, 1.807) is 0 Å². The number of nitro groups is 1. The minimum Gasteiger partial charge on any atom is -0.463 e. The van der Waals surface area contributed by atoms with Gasteiger partial charge in [0.2, 0.25) is 5.78 Å². The Balaban J connectivity index is 3.19. The predicted octanol–water partition coefficient (Wildman–Crippen LogP) is 2.14. The quantitative estimate of drug-likeness (QED) is 0.261. The maximum atomic E-state index is 11.4. The highest BCUT2D eigenvalue weighted by Gasteiger charge is 2.24. The normalized spacial score (nSPS) is 9.94. The summed E-state index contributed by atoms with van der Waals surface area (Å²) in [6.45, 7) is 0. The van der Waals surface area contributed by atoms with E-state index in [0.29, 0.717) is 3.57 Å². The lowest BCUT2D eigenvalue weighted by atomic mass is 10.1. The molecule has 0 aliphatic heterocycles. The molecule has 0 aliphatic carbocycles. The molecule has 0 N–H and O–H groups in total. The smallest absolute Gasteiger partial charge is 0.374 e. The van der Waals surface area contributed by atoms with Crippen LogP contribution in [0.25, 0.3) is 0 Å². The van der Waals surface area contributed by atoms with Crippen molar-refractivity contribution in [3.63, 3.8) is 0 Å². The lowest BCUT2D eigenvalue weighted by molar-refractivity contribution is -0.385. The molecule has 0 spiro atoms. The third-order valence-corrected chi connectivity index (χ3v) is 3.26. The molecule has 0 heterocycles. The molecule has 0 amide bonds. The van der Waals surface area contributed by atoms with Gasteiger partial charge in [-0.05, 0) is 28.7 Å². The van der Waals surface area contributed by atoms with Crippen molar-refractivity contribution < 1.29 is 19.2 Å². The number of nitro benzene ring substituents is 1. The zero-order valence-corrected chi connectivity index (χ0v) is 12.0. The van der Waals surface area contributed by atoms with Gasteiger partial charge in [0, 0.05) is 14.7 Å². The van der Waals surface area contributed by atoms with Gasteiger partial charge in [-0.2, -0.15) is 0 Å².